The summed E-state index contributed by atoms with van der Waals surface area (Å²) in [6.45, 7) is 7.46. The number of ether oxygens (including phenoxy) is 3. The second-order valence-corrected chi connectivity index (χ2v) is 10.5. The van der Waals surface area contributed by atoms with Gasteiger partial charge in [-0.3, -0.25) is 4.90 Å². The summed E-state index contributed by atoms with van der Waals surface area (Å²) in [5, 5.41) is 1.13. The molecule has 0 N–H and O–H groups in total. The van der Waals surface area contributed by atoms with E-state index >= 15 is 0 Å². The Bertz CT molecular complexity index is 1000. The SMILES string of the molecule is COC(=O)C1=COCC2CN3CCC4=C(CC(C)C(C)c5cc(P)c(OC)cc54)[C@H]3CC12. The first kappa shape index (κ1) is 22.0. The number of carbonyl (C=O) groups excluding carboxylic acids is 1. The van der Waals surface area contributed by atoms with Crippen molar-refractivity contribution < 1.29 is 19.0 Å². The first-order valence-electron chi connectivity index (χ1n) is 11.8. The summed E-state index contributed by atoms with van der Waals surface area (Å²) in [7, 11) is 6.05. The fourth-order valence-electron chi connectivity index (χ4n) is 6.41. The number of methoxy groups -OCH3 is 2. The molecule has 1 fully saturated rings. The number of fused-ring (bicyclic) bond motifs is 5. The van der Waals surface area contributed by atoms with Gasteiger partial charge in [-0.05, 0) is 65.5 Å². The number of hydrogen-bond acceptors (Lipinski definition) is 5. The van der Waals surface area contributed by atoms with E-state index in [4.69, 9.17) is 14.2 Å². The molecular formula is C26H34NO4P. The molecule has 6 heteroatoms. The highest BCUT2D eigenvalue weighted by molar-refractivity contribution is 7.27. The fraction of sp³-hybridized carbons (Fsp3) is 0.577. The number of carbonyl (C=O) groups is 1. The van der Waals surface area contributed by atoms with Crippen LogP contribution in [0.3, 0.4) is 0 Å². The largest absolute Gasteiger partial charge is 0.500 e. The fourth-order valence-corrected chi connectivity index (χ4v) is 6.79. The van der Waals surface area contributed by atoms with Gasteiger partial charge in [0.15, 0.2) is 0 Å². The van der Waals surface area contributed by atoms with Crippen LogP contribution in [0.25, 0.3) is 5.57 Å². The minimum absolute atomic E-state index is 0.198. The van der Waals surface area contributed by atoms with Gasteiger partial charge < -0.3 is 14.2 Å². The molecule has 1 aromatic rings. The summed E-state index contributed by atoms with van der Waals surface area (Å²) in [6.07, 6.45) is 4.78. The Hall–Kier alpha value is -1.84. The summed E-state index contributed by atoms with van der Waals surface area (Å²) in [4.78, 5) is 15.1. The number of piperidine rings is 1. The molecule has 5 unspecified atom stereocenters. The van der Waals surface area contributed by atoms with E-state index in [1.54, 1.807) is 18.9 Å². The van der Waals surface area contributed by atoms with E-state index in [2.05, 4.69) is 40.1 Å². The summed E-state index contributed by atoms with van der Waals surface area (Å²) in [5.74, 6) is 2.28. The molecule has 1 aliphatic carbocycles. The van der Waals surface area contributed by atoms with E-state index in [0.717, 1.165) is 43.4 Å². The lowest BCUT2D eigenvalue weighted by Gasteiger charge is -2.49. The van der Waals surface area contributed by atoms with Crippen LogP contribution in [0.5, 0.6) is 5.75 Å². The zero-order chi connectivity index (χ0) is 22.6. The van der Waals surface area contributed by atoms with Crippen LogP contribution in [0.2, 0.25) is 0 Å². The van der Waals surface area contributed by atoms with Gasteiger partial charge >= 0.3 is 5.97 Å². The maximum atomic E-state index is 12.5. The highest BCUT2D eigenvalue weighted by atomic mass is 31.0. The van der Waals surface area contributed by atoms with E-state index < -0.39 is 0 Å². The van der Waals surface area contributed by atoms with Crippen molar-refractivity contribution in [2.24, 2.45) is 17.8 Å². The molecule has 0 amide bonds. The standard InChI is InChI=1S/C26H34NO4P/c1-14-7-21-17(20-9-24(29-3)25(32)10-18(20)15(14)2)5-6-27-11-16-12-31-13-22(26(28)30-4)19(16)8-23(21)27/h9-10,13-16,19,23H,5-8,11-12,32H2,1-4H3/t14?,15?,16?,19?,23-/m1/s1. The van der Waals surface area contributed by atoms with Gasteiger partial charge in [-0.15, -0.1) is 9.24 Å². The Morgan fingerprint density at radius 2 is 2.06 bits per heavy atom. The molecule has 172 valence electrons. The number of hydrogen-bond donors (Lipinski definition) is 0. The molecule has 32 heavy (non-hydrogen) atoms. The van der Waals surface area contributed by atoms with E-state index in [0.29, 0.717) is 36.0 Å². The van der Waals surface area contributed by atoms with Crippen molar-refractivity contribution in [3.8, 4) is 5.75 Å². The third-order valence-electron chi connectivity index (χ3n) is 8.35. The van der Waals surface area contributed by atoms with E-state index in [1.165, 1.54) is 23.8 Å². The topological polar surface area (TPSA) is 48.0 Å². The van der Waals surface area contributed by atoms with Crippen molar-refractivity contribution in [3.05, 3.63) is 40.7 Å². The second kappa shape index (κ2) is 8.50. The lowest BCUT2D eigenvalue weighted by atomic mass is 9.72. The zero-order valence-corrected chi connectivity index (χ0v) is 20.7. The highest BCUT2D eigenvalue weighted by Crippen LogP contribution is 2.49. The number of benzene rings is 1. The molecule has 0 radical (unpaired) electrons. The lowest BCUT2D eigenvalue weighted by Crippen LogP contribution is -2.53. The van der Waals surface area contributed by atoms with Gasteiger partial charge in [0.2, 0.25) is 0 Å². The van der Waals surface area contributed by atoms with Crippen molar-refractivity contribution >= 4 is 26.1 Å². The number of rotatable bonds is 2. The Balaban J connectivity index is 1.58. The van der Waals surface area contributed by atoms with Gasteiger partial charge in [0, 0.05) is 36.3 Å². The molecule has 1 saturated heterocycles. The first-order chi connectivity index (χ1) is 15.4. The Kier molecular flexibility index (Phi) is 5.84. The maximum absolute atomic E-state index is 12.5. The Morgan fingerprint density at radius 3 is 2.81 bits per heavy atom. The Morgan fingerprint density at radius 1 is 1.25 bits per heavy atom. The van der Waals surface area contributed by atoms with Crippen LogP contribution in [0.4, 0.5) is 0 Å². The molecule has 4 aliphatic rings. The molecule has 0 bridgehead atoms. The highest BCUT2D eigenvalue weighted by Gasteiger charge is 2.45. The molecule has 1 aromatic carbocycles. The molecular weight excluding hydrogens is 421 g/mol. The van der Waals surface area contributed by atoms with Crippen LogP contribution in [0, 0.1) is 17.8 Å². The summed E-state index contributed by atoms with van der Waals surface area (Å²) in [6, 6.07) is 4.95. The molecule has 6 atom stereocenters. The van der Waals surface area contributed by atoms with Crippen molar-refractivity contribution in [1.29, 1.82) is 0 Å². The maximum Gasteiger partial charge on any atom is 0.337 e. The molecule has 3 aliphatic heterocycles. The third-order valence-corrected chi connectivity index (χ3v) is 8.80. The average molecular weight is 456 g/mol. The van der Waals surface area contributed by atoms with Crippen LogP contribution in [-0.2, 0) is 14.3 Å². The Labute approximate surface area is 193 Å². The van der Waals surface area contributed by atoms with Crippen LogP contribution >= 0.6 is 9.24 Å². The van der Waals surface area contributed by atoms with Crippen molar-refractivity contribution in [1.82, 2.24) is 4.90 Å². The van der Waals surface area contributed by atoms with E-state index in [9.17, 15) is 4.79 Å². The molecule has 5 rings (SSSR count). The number of nitrogens with zero attached hydrogens (tertiary/aromatic N) is 1. The van der Waals surface area contributed by atoms with E-state index in [-0.39, 0.29) is 11.9 Å². The first-order valence-corrected chi connectivity index (χ1v) is 12.3. The molecule has 3 heterocycles. The van der Waals surface area contributed by atoms with Crippen molar-refractivity contribution in [2.75, 3.05) is 33.9 Å². The quantitative estimate of drug-likeness (QED) is 0.500. The lowest BCUT2D eigenvalue weighted by molar-refractivity contribution is -0.138. The van der Waals surface area contributed by atoms with Crippen LogP contribution in [0.15, 0.2) is 29.5 Å². The average Bonchev–Trinajstić information content (AvgIpc) is 2.91. The predicted octanol–water partition coefficient (Wildman–Crippen LogP) is 3.89. The van der Waals surface area contributed by atoms with Gasteiger partial charge in [0.25, 0.3) is 0 Å². The van der Waals surface area contributed by atoms with Gasteiger partial charge in [-0.25, -0.2) is 4.79 Å². The van der Waals surface area contributed by atoms with Crippen LogP contribution in [-0.4, -0.2) is 50.8 Å². The molecule has 0 aromatic heterocycles. The third kappa shape index (κ3) is 3.49. The van der Waals surface area contributed by atoms with Crippen molar-refractivity contribution in [3.63, 3.8) is 0 Å². The predicted molar refractivity (Wildman–Crippen MR) is 129 cm³/mol. The molecule has 0 saturated carbocycles. The molecule has 0 spiro atoms. The van der Waals surface area contributed by atoms with E-state index in [1.807, 2.05) is 0 Å². The molecule has 5 nitrogen and oxygen atoms in total. The second-order valence-electron chi connectivity index (χ2n) is 9.92. The number of esters is 1. The minimum atomic E-state index is -0.246. The summed E-state index contributed by atoms with van der Waals surface area (Å²) in [5.41, 5.74) is 6.60. The van der Waals surface area contributed by atoms with Crippen molar-refractivity contribution in [2.45, 2.75) is 45.1 Å². The van der Waals surface area contributed by atoms with Gasteiger partial charge in [0.05, 0.1) is 32.7 Å². The van der Waals surface area contributed by atoms with Gasteiger partial charge in [-0.2, -0.15) is 0 Å². The van der Waals surface area contributed by atoms with Crippen LogP contribution in [0.1, 0.15) is 50.2 Å². The smallest absolute Gasteiger partial charge is 0.337 e. The minimum Gasteiger partial charge on any atom is -0.500 e. The van der Waals surface area contributed by atoms with Gasteiger partial charge in [0.1, 0.15) is 5.75 Å². The zero-order valence-electron chi connectivity index (χ0n) is 19.5. The summed E-state index contributed by atoms with van der Waals surface area (Å²) >= 11 is 0. The normalized spacial score (nSPS) is 31.8. The monoisotopic (exact) mass is 455 g/mol. The van der Waals surface area contributed by atoms with Gasteiger partial charge in [-0.1, -0.05) is 13.8 Å². The van der Waals surface area contributed by atoms with Crippen LogP contribution < -0.4 is 10.0 Å². The summed E-state index contributed by atoms with van der Waals surface area (Å²) < 4.78 is 16.5.